The summed E-state index contributed by atoms with van der Waals surface area (Å²) in [5, 5.41) is 2.96. The summed E-state index contributed by atoms with van der Waals surface area (Å²) in [6.07, 6.45) is 3.04. The van der Waals surface area contributed by atoms with Gasteiger partial charge in [-0.3, -0.25) is 9.59 Å². The van der Waals surface area contributed by atoms with Crippen LogP contribution < -0.4 is 5.32 Å². The van der Waals surface area contributed by atoms with Gasteiger partial charge in [-0.2, -0.15) is 0 Å². The molecule has 1 fully saturated rings. The number of aromatic nitrogens is 2. The Kier molecular flexibility index (Phi) is 4.50. The van der Waals surface area contributed by atoms with Crippen LogP contribution >= 0.6 is 15.9 Å². The van der Waals surface area contributed by atoms with E-state index < -0.39 is 0 Å². The van der Waals surface area contributed by atoms with Crippen molar-refractivity contribution in [3.05, 3.63) is 52.7 Å². The van der Waals surface area contributed by atoms with Gasteiger partial charge in [-0.05, 0) is 59.1 Å². The lowest BCUT2D eigenvalue weighted by molar-refractivity contribution is 0.0695. The van der Waals surface area contributed by atoms with Crippen molar-refractivity contribution >= 4 is 38.8 Å². The van der Waals surface area contributed by atoms with Crippen molar-refractivity contribution in [2.24, 2.45) is 0 Å². The number of likely N-dealkylation sites (tertiary alicyclic amines) is 1. The van der Waals surface area contributed by atoms with Crippen LogP contribution in [0.15, 0.2) is 45.7 Å². The first-order chi connectivity index (χ1) is 12.6. The number of hydrogen-bond acceptors (Lipinski definition) is 4. The van der Waals surface area contributed by atoms with Gasteiger partial charge in [-0.15, -0.1) is 0 Å². The number of amides is 2. The Balaban J connectivity index is 1.35. The van der Waals surface area contributed by atoms with Crippen LogP contribution in [-0.4, -0.2) is 45.8 Å². The number of benzene rings is 1. The van der Waals surface area contributed by atoms with Crippen molar-refractivity contribution in [2.75, 3.05) is 13.1 Å². The molecule has 0 aliphatic carbocycles. The fourth-order valence-electron chi connectivity index (χ4n) is 3.17. The highest BCUT2D eigenvalue weighted by Crippen LogP contribution is 2.18. The lowest BCUT2D eigenvalue weighted by atomic mass is 10.0. The molecule has 0 atom stereocenters. The molecule has 2 amide bonds. The number of aromatic amines is 1. The number of carbonyl (C=O) groups is 2. The van der Waals surface area contributed by atoms with E-state index in [1.165, 1.54) is 0 Å². The summed E-state index contributed by atoms with van der Waals surface area (Å²) in [4.78, 5) is 33.9. The molecule has 134 valence electrons. The maximum atomic E-state index is 12.7. The van der Waals surface area contributed by atoms with E-state index in [0.717, 1.165) is 11.0 Å². The molecule has 2 N–H and O–H groups in total. The standard InChI is InChI=1S/C18H17BrN4O3/c19-16-4-3-15(26-16)17(24)22-12-5-7-23(8-6-12)18(25)11-1-2-13-14(9-11)21-10-20-13/h1-4,9-10,12H,5-8H2,(H,20,21)(H,22,24). The number of furan rings is 1. The summed E-state index contributed by atoms with van der Waals surface area (Å²) >= 11 is 3.19. The first-order valence-electron chi connectivity index (χ1n) is 8.39. The van der Waals surface area contributed by atoms with Crippen LogP contribution in [0.3, 0.4) is 0 Å². The van der Waals surface area contributed by atoms with Crippen molar-refractivity contribution < 1.29 is 14.0 Å². The summed E-state index contributed by atoms with van der Waals surface area (Å²) < 4.78 is 5.79. The zero-order valence-corrected chi connectivity index (χ0v) is 15.5. The van der Waals surface area contributed by atoms with E-state index in [1.807, 2.05) is 17.0 Å². The maximum absolute atomic E-state index is 12.7. The molecule has 0 spiro atoms. The lowest BCUT2D eigenvalue weighted by Crippen LogP contribution is -2.46. The lowest BCUT2D eigenvalue weighted by Gasteiger charge is -2.32. The van der Waals surface area contributed by atoms with Gasteiger partial charge in [-0.25, -0.2) is 4.98 Å². The summed E-state index contributed by atoms with van der Waals surface area (Å²) in [5.41, 5.74) is 2.33. The van der Waals surface area contributed by atoms with Crippen molar-refractivity contribution in [1.29, 1.82) is 0 Å². The minimum Gasteiger partial charge on any atom is -0.444 e. The average Bonchev–Trinajstić information content (AvgIpc) is 3.29. The van der Waals surface area contributed by atoms with Crippen LogP contribution in [0.2, 0.25) is 0 Å². The summed E-state index contributed by atoms with van der Waals surface area (Å²) in [5.74, 6) is 0.0506. The number of nitrogens with one attached hydrogen (secondary N) is 2. The molecule has 2 aromatic heterocycles. The van der Waals surface area contributed by atoms with Crippen molar-refractivity contribution in [1.82, 2.24) is 20.2 Å². The minimum atomic E-state index is -0.231. The molecular formula is C18H17BrN4O3. The van der Waals surface area contributed by atoms with Gasteiger partial charge in [0.25, 0.3) is 11.8 Å². The molecule has 26 heavy (non-hydrogen) atoms. The SMILES string of the molecule is O=C(NC1CCN(C(=O)c2ccc3nc[nH]c3c2)CC1)c1ccc(Br)o1. The highest BCUT2D eigenvalue weighted by Gasteiger charge is 2.25. The van der Waals surface area contributed by atoms with Crippen LogP contribution in [-0.2, 0) is 0 Å². The van der Waals surface area contributed by atoms with Crippen LogP contribution in [0.25, 0.3) is 11.0 Å². The third-order valence-electron chi connectivity index (χ3n) is 4.58. The number of H-pyrrole nitrogens is 1. The molecule has 4 rings (SSSR count). The van der Waals surface area contributed by atoms with Crippen LogP contribution in [0.4, 0.5) is 0 Å². The molecule has 3 aromatic rings. The van der Waals surface area contributed by atoms with Gasteiger partial charge in [0.2, 0.25) is 0 Å². The van der Waals surface area contributed by atoms with Crippen molar-refractivity contribution in [3.63, 3.8) is 0 Å². The third kappa shape index (κ3) is 3.37. The van der Waals surface area contributed by atoms with E-state index in [9.17, 15) is 9.59 Å². The van der Waals surface area contributed by atoms with Gasteiger partial charge in [0.1, 0.15) is 0 Å². The third-order valence-corrected chi connectivity index (χ3v) is 5.01. The number of halogens is 1. The second-order valence-electron chi connectivity index (χ2n) is 6.28. The zero-order chi connectivity index (χ0) is 18.1. The molecular weight excluding hydrogens is 400 g/mol. The number of fused-ring (bicyclic) bond motifs is 1. The molecule has 0 bridgehead atoms. The highest BCUT2D eigenvalue weighted by molar-refractivity contribution is 9.10. The molecule has 0 radical (unpaired) electrons. The Labute approximate surface area is 157 Å². The monoisotopic (exact) mass is 416 g/mol. The van der Waals surface area contributed by atoms with E-state index in [-0.39, 0.29) is 23.6 Å². The number of imidazole rings is 1. The second kappa shape index (κ2) is 6.95. The van der Waals surface area contributed by atoms with Gasteiger partial charge in [0, 0.05) is 24.7 Å². The highest BCUT2D eigenvalue weighted by atomic mass is 79.9. The molecule has 1 saturated heterocycles. The number of hydrogen-bond donors (Lipinski definition) is 2. The fraction of sp³-hybridized carbons (Fsp3) is 0.278. The Hall–Kier alpha value is -2.61. The predicted octanol–water partition coefficient (Wildman–Crippen LogP) is 2.95. The first-order valence-corrected chi connectivity index (χ1v) is 9.18. The topological polar surface area (TPSA) is 91.2 Å². The summed E-state index contributed by atoms with van der Waals surface area (Å²) in [6, 6.07) is 8.82. The van der Waals surface area contributed by atoms with Gasteiger partial charge in [0.15, 0.2) is 10.4 Å². The summed E-state index contributed by atoms with van der Waals surface area (Å²) in [6.45, 7) is 1.21. The molecule has 7 nitrogen and oxygen atoms in total. The van der Waals surface area contributed by atoms with E-state index in [0.29, 0.717) is 36.2 Å². The molecule has 3 heterocycles. The van der Waals surface area contributed by atoms with Crippen molar-refractivity contribution in [3.8, 4) is 0 Å². The maximum Gasteiger partial charge on any atom is 0.287 e. The quantitative estimate of drug-likeness (QED) is 0.686. The van der Waals surface area contributed by atoms with E-state index in [2.05, 4.69) is 31.2 Å². The van der Waals surface area contributed by atoms with Gasteiger partial charge < -0.3 is 19.6 Å². The molecule has 1 aliphatic heterocycles. The van der Waals surface area contributed by atoms with Crippen LogP contribution in [0.5, 0.6) is 0 Å². The molecule has 0 saturated carbocycles. The van der Waals surface area contributed by atoms with Gasteiger partial charge >= 0.3 is 0 Å². The smallest absolute Gasteiger partial charge is 0.287 e. The minimum absolute atomic E-state index is 0.00115. The van der Waals surface area contributed by atoms with Crippen LogP contribution in [0.1, 0.15) is 33.8 Å². The predicted molar refractivity (Wildman–Crippen MR) is 98.9 cm³/mol. The summed E-state index contributed by atoms with van der Waals surface area (Å²) in [7, 11) is 0. The fourth-order valence-corrected chi connectivity index (χ4v) is 3.48. The number of piperidine rings is 1. The normalized spacial score (nSPS) is 15.3. The second-order valence-corrected chi connectivity index (χ2v) is 7.06. The van der Waals surface area contributed by atoms with E-state index in [1.54, 1.807) is 24.5 Å². The van der Waals surface area contributed by atoms with Gasteiger partial charge in [-0.1, -0.05) is 0 Å². The molecule has 1 aromatic carbocycles. The van der Waals surface area contributed by atoms with E-state index in [4.69, 9.17) is 4.42 Å². The van der Waals surface area contributed by atoms with E-state index >= 15 is 0 Å². The number of rotatable bonds is 3. The number of carbonyl (C=O) groups excluding carboxylic acids is 2. The largest absolute Gasteiger partial charge is 0.444 e. The van der Waals surface area contributed by atoms with Crippen molar-refractivity contribution in [2.45, 2.75) is 18.9 Å². The Bertz CT molecular complexity index is 956. The van der Waals surface area contributed by atoms with Gasteiger partial charge in [0.05, 0.1) is 17.4 Å². The Morgan fingerprint density at radius 1 is 1.23 bits per heavy atom. The zero-order valence-electron chi connectivity index (χ0n) is 13.9. The molecule has 8 heteroatoms. The average molecular weight is 417 g/mol. The Morgan fingerprint density at radius 3 is 2.77 bits per heavy atom. The number of nitrogens with zero attached hydrogens (tertiary/aromatic N) is 2. The molecule has 0 unspecified atom stereocenters. The Morgan fingerprint density at radius 2 is 2.04 bits per heavy atom. The first kappa shape index (κ1) is 16.8. The van der Waals surface area contributed by atoms with Crippen LogP contribution in [0, 0.1) is 0 Å². The molecule has 1 aliphatic rings.